The fourth-order valence-corrected chi connectivity index (χ4v) is 2.13. The highest BCUT2D eigenvalue weighted by molar-refractivity contribution is 6.00. The van der Waals surface area contributed by atoms with E-state index >= 15 is 0 Å². The smallest absolute Gasteiger partial charge is 0.355 e. The highest BCUT2D eigenvalue weighted by Gasteiger charge is 2.24. The fourth-order valence-electron chi connectivity index (χ4n) is 2.13. The summed E-state index contributed by atoms with van der Waals surface area (Å²) in [6.45, 7) is 7.93. The van der Waals surface area contributed by atoms with Gasteiger partial charge in [0.1, 0.15) is 5.69 Å². The third-order valence-electron chi connectivity index (χ3n) is 3.13. The van der Waals surface area contributed by atoms with Crippen LogP contribution in [0.2, 0.25) is 0 Å². The number of aryl methyl sites for hydroxylation is 1. The van der Waals surface area contributed by atoms with Gasteiger partial charge in [0.2, 0.25) is 0 Å². The molecule has 3 N–H and O–H groups in total. The molecule has 3 amide bonds. The van der Waals surface area contributed by atoms with Crippen molar-refractivity contribution in [2.24, 2.45) is 0 Å². The number of hydrogen-bond donors (Lipinski definition) is 3. The number of ether oxygens (including phenoxy) is 2. The summed E-state index contributed by atoms with van der Waals surface area (Å²) in [6, 6.07) is -0.811. The second kappa shape index (κ2) is 8.86. The van der Waals surface area contributed by atoms with Gasteiger partial charge in [-0.15, -0.1) is 0 Å². The number of aromatic nitrogens is 1. The molecule has 25 heavy (non-hydrogen) atoms. The first-order chi connectivity index (χ1) is 11.7. The number of esters is 2. The minimum Gasteiger partial charge on any atom is -0.462 e. The van der Waals surface area contributed by atoms with Gasteiger partial charge < -0.3 is 19.8 Å². The standard InChI is InChI=1S/C16H23N3O6/c1-6-24-14(21)12-9(4)13(18-10(12)5)15(22)25-7-11(20)19-16(23)17-8(2)3/h8,18H,6-7H2,1-5H3,(H2,17,19,20,23). The molecule has 138 valence electrons. The zero-order valence-electron chi connectivity index (χ0n) is 14.9. The number of hydrogen-bond acceptors (Lipinski definition) is 6. The molecule has 0 fully saturated rings. The van der Waals surface area contributed by atoms with Crippen molar-refractivity contribution in [2.75, 3.05) is 13.2 Å². The van der Waals surface area contributed by atoms with E-state index in [0.717, 1.165) is 0 Å². The van der Waals surface area contributed by atoms with Gasteiger partial charge in [-0.3, -0.25) is 10.1 Å². The Labute approximate surface area is 145 Å². The Bertz CT molecular complexity index is 678. The lowest BCUT2D eigenvalue weighted by molar-refractivity contribution is -0.123. The molecular weight excluding hydrogens is 330 g/mol. The highest BCUT2D eigenvalue weighted by Crippen LogP contribution is 2.19. The first-order valence-corrected chi connectivity index (χ1v) is 7.81. The van der Waals surface area contributed by atoms with Crippen LogP contribution in [0.1, 0.15) is 52.9 Å². The number of urea groups is 1. The fraction of sp³-hybridized carbons (Fsp3) is 0.500. The second-order valence-corrected chi connectivity index (χ2v) is 5.60. The molecule has 1 aromatic rings. The third kappa shape index (κ3) is 5.63. The van der Waals surface area contributed by atoms with E-state index in [2.05, 4.69) is 10.3 Å². The second-order valence-electron chi connectivity index (χ2n) is 5.60. The van der Waals surface area contributed by atoms with E-state index < -0.39 is 30.5 Å². The summed E-state index contributed by atoms with van der Waals surface area (Å²) in [5.74, 6) is -2.12. The molecule has 1 heterocycles. The van der Waals surface area contributed by atoms with Crippen LogP contribution >= 0.6 is 0 Å². The molecule has 1 aromatic heterocycles. The maximum absolute atomic E-state index is 12.1. The van der Waals surface area contributed by atoms with Gasteiger partial charge in [0, 0.05) is 11.7 Å². The number of aromatic amines is 1. The minimum atomic E-state index is -0.810. The van der Waals surface area contributed by atoms with Crippen molar-refractivity contribution in [2.45, 2.75) is 40.7 Å². The molecule has 0 radical (unpaired) electrons. The Balaban J connectivity index is 2.70. The normalized spacial score (nSPS) is 10.3. The van der Waals surface area contributed by atoms with Crippen LogP contribution in [0.25, 0.3) is 0 Å². The number of amides is 3. The molecule has 0 bridgehead atoms. The number of carbonyl (C=O) groups excluding carboxylic acids is 4. The van der Waals surface area contributed by atoms with Crippen molar-refractivity contribution in [3.8, 4) is 0 Å². The molecule has 0 saturated carbocycles. The van der Waals surface area contributed by atoms with Crippen molar-refractivity contribution in [1.29, 1.82) is 0 Å². The highest BCUT2D eigenvalue weighted by atomic mass is 16.5. The van der Waals surface area contributed by atoms with Crippen molar-refractivity contribution in [3.63, 3.8) is 0 Å². The maximum Gasteiger partial charge on any atom is 0.355 e. The lowest BCUT2D eigenvalue weighted by Crippen LogP contribution is -2.44. The largest absolute Gasteiger partial charge is 0.462 e. The van der Waals surface area contributed by atoms with E-state index in [1.807, 2.05) is 5.32 Å². The van der Waals surface area contributed by atoms with Gasteiger partial charge >= 0.3 is 18.0 Å². The Hall–Kier alpha value is -2.84. The van der Waals surface area contributed by atoms with Gasteiger partial charge in [0.15, 0.2) is 6.61 Å². The first-order valence-electron chi connectivity index (χ1n) is 7.81. The Morgan fingerprint density at radius 2 is 1.72 bits per heavy atom. The zero-order chi connectivity index (χ0) is 19.1. The van der Waals surface area contributed by atoms with Gasteiger partial charge in [-0.25, -0.2) is 14.4 Å². The SMILES string of the molecule is CCOC(=O)c1c(C)[nH]c(C(=O)OCC(=O)NC(=O)NC(C)C)c1C. The Morgan fingerprint density at radius 1 is 1.08 bits per heavy atom. The lowest BCUT2D eigenvalue weighted by atomic mass is 10.1. The number of nitrogens with one attached hydrogen (secondary N) is 3. The van der Waals surface area contributed by atoms with E-state index in [1.165, 1.54) is 0 Å². The van der Waals surface area contributed by atoms with Crippen LogP contribution in [0.4, 0.5) is 4.79 Å². The van der Waals surface area contributed by atoms with Crippen molar-refractivity contribution in [1.82, 2.24) is 15.6 Å². The predicted octanol–water partition coefficient (Wildman–Crippen LogP) is 1.20. The van der Waals surface area contributed by atoms with Gasteiger partial charge in [-0.1, -0.05) is 0 Å². The Kier molecular flexibility index (Phi) is 7.16. The molecule has 0 aromatic carbocycles. The third-order valence-corrected chi connectivity index (χ3v) is 3.13. The topological polar surface area (TPSA) is 127 Å². The maximum atomic E-state index is 12.1. The van der Waals surface area contributed by atoms with Gasteiger partial charge in [-0.2, -0.15) is 0 Å². The average Bonchev–Trinajstić information content (AvgIpc) is 2.79. The van der Waals surface area contributed by atoms with E-state index in [9.17, 15) is 19.2 Å². The lowest BCUT2D eigenvalue weighted by Gasteiger charge is -2.09. The van der Waals surface area contributed by atoms with Crippen molar-refractivity contribution in [3.05, 3.63) is 22.5 Å². The summed E-state index contributed by atoms with van der Waals surface area (Å²) in [7, 11) is 0. The van der Waals surface area contributed by atoms with Gasteiger partial charge in [0.25, 0.3) is 5.91 Å². The van der Waals surface area contributed by atoms with Gasteiger partial charge in [0.05, 0.1) is 12.2 Å². The quantitative estimate of drug-likeness (QED) is 0.660. The van der Waals surface area contributed by atoms with Crippen LogP contribution in [0.3, 0.4) is 0 Å². The van der Waals surface area contributed by atoms with E-state index in [-0.39, 0.29) is 23.9 Å². The summed E-state index contributed by atoms with van der Waals surface area (Å²) in [4.78, 5) is 49.7. The molecule has 1 rings (SSSR count). The Morgan fingerprint density at radius 3 is 2.28 bits per heavy atom. The predicted molar refractivity (Wildman–Crippen MR) is 88.3 cm³/mol. The molecule has 0 saturated heterocycles. The molecule has 9 heteroatoms. The molecule has 0 unspecified atom stereocenters. The van der Waals surface area contributed by atoms with E-state index in [1.54, 1.807) is 34.6 Å². The monoisotopic (exact) mass is 353 g/mol. The van der Waals surface area contributed by atoms with Crippen LogP contribution in [-0.2, 0) is 14.3 Å². The summed E-state index contributed by atoms with van der Waals surface area (Å²) in [6.07, 6.45) is 0. The molecular formula is C16H23N3O6. The van der Waals surface area contributed by atoms with Gasteiger partial charge in [-0.05, 0) is 40.2 Å². The van der Waals surface area contributed by atoms with E-state index in [0.29, 0.717) is 11.3 Å². The summed E-state index contributed by atoms with van der Waals surface area (Å²) in [5.41, 5.74) is 1.15. The minimum absolute atomic E-state index is 0.0555. The molecule has 0 aliphatic rings. The summed E-state index contributed by atoms with van der Waals surface area (Å²) >= 11 is 0. The molecule has 0 atom stereocenters. The molecule has 0 aliphatic carbocycles. The molecule has 0 spiro atoms. The van der Waals surface area contributed by atoms with Crippen molar-refractivity contribution < 1.29 is 28.7 Å². The van der Waals surface area contributed by atoms with Crippen molar-refractivity contribution >= 4 is 23.9 Å². The van der Waals surface area contributed by atoms with Crippen LogP contribution in [0.5, 0.6) is 0 Å². The number of carbonyl (C=O) groups is 4. The average molecular weight is 353 g/mol. The van der Waals surface area contributed by atoms with E-state index in [4.69, 9.17) is 9.47 Å². The summed E-state index contributed by atoms with van der Waals surface area (Å²) in [5, 5.41) is 4.50. The number of H-pyrrole nitrogens is 1. The van der Waals surface area contributed by atoms with Crippen LogP contribution in [-0.4, -0.2) is 48.1 Å². The van der Waals surface area contributed by atoms with Crippen LogP contribution < -0.4 is 10.6 Å². The molecule has 9 nitrogen and oxygen atoms in total. The number of rotatable bonds is 6. The zero-order valence-corrected chi connectivity index (χ0v) is 14.9. The molecule has 0 aliphatic heterocycles. The van der Waals surface area contributed by atoms with Crippen LogP contribution in [0, 0.1) is 13.8 Å². The summed E-state index contributed by atoms with van der Waals surface area (Å²) < 4.78 is 9.81. The first kappa shape index (κ1) is 20.2. The van der Waals surface area contributed by atoms with Crippen LogP contribution in [0.15, 0.2) is 0 Å². The number of imide groups is 1.